The van der Waals surface area contributed by atoms with Gasteiger partial charge in [0.1, 0.15) is 11.6 Å². The fraction of sp³-hybridized carbons (Fsp3) is 0.267. The van der Waals surface area contributed by atoms with Crippen molar-refractivity contribution in [2.24, 2.45) is 0 Å². The maximum Gasteiger partial charge on any atom is 0.270 e. The molecule has 10 heteroatoms. The number of aromatic nitrogens is 3. The van der Waals surface area contributed by atoms with Crippen LogP contribution in [0.1, 0.15) is 46.2 Å². The standard InChI is InChI=1S/C30H27F2N5O3/c1-19-34-35-28(39-19)26(20-7-4-3-5-8-20)36-13-15-37(16-14-36)29(38)22-10-6-9-21(17-22)27-33-24-18-23(30(2,31)32)11-12-25(24)40-27/h3-12,17-18,26H,13-16H2,1-2H3. The van der Waals surface area contributed by atoms with Crippen molar-refractivity contribution >= 4 is 17.0 Å². The summed E-state index contributed by atoms with van der Waals surface area (Å²) in [7, 11) is 0. The van der Waals surface area contributed by atoms with E-state index in [0.29, 0.717) is 60.2 Å². The highest BCUT2D eigenvalue weighted by Gasteiger charge is 2.32. The Hall–Kier alpha value is -4.44. The number of alkyl halides is 2. The number of fused-ring (bicyclic) bond motifs is 1. The topological polar surface area (TPSA) is 88.5 Å². The van der Waals surface area contributed by atoms with Crippen LogP contribution in [-0.4, -0.2) is 57.1 Å². The smallest absolute Gasteiger partial charge is 0.270 e. The molecule has 2 aromatic heterocycles. The number of amides is 1. The summed E-state index contributed by atoms with van der Waals surface area (Å²) in [6.07, 6.45) is 0. The molecule has 3 heterocycles. The normalized spacial score (nSPS) is 15.4. The van der Waals surface area contributed by atoms with Crippen molar-refractivity contribution in [3.63, 3.8) is 0 Å². The molecule has 0 aliphatic carbocycles. The van der Waals surface area contributed by atoms with Crippen molar-refractivity contribution in [1.29, 1.82) is 0 Å². The lowest BCUT2D eigenvalue weighted by molar-refractivity contribution is 0.0176. The first-order chi connectivity index (χ1) is 19.3. The van der Waals surface area contributed by atoms with Gasteiger partial charge in [0, 0.05) is 56.7 Å². The van der Waals surface area contributed by atoms with Crippen LogP contribution in [0.15, 0.2) is 81.6 Å². The van der Waals surface area contributed by atoms with Gasteiger partial charge in [0.05, 0.1) is 0 Å². The van der Waals surface area contributed by atoms with Gasteiger partial charge < -0.3 is 13.7 Å². The lowest BCUT2D eigenvalue weighted by Crippen LogP contribution is -2.50. The molecular weight excluding hydrogens is 516 g/mol. The van der Waals surface area contributed by atoms with E-state index in [1.54, 1.807) is 31.2 Å². The monoisotopic (exact) mass is 543 g/mol. The number of oxazole rings is 1. The summed E-state index contributed by atoms with van der Waals surface area (Å²) in [6, 6.07) is 21.0. The SMILES string of the molecule is Cc1nnc(C(c2ccccc2)N2CCN(C(=O)c3cccc(-c4nc5cc(C(C)(F)F)ccc5o4)c3)CC2)o1. The van der Waals surface area contributed by atoms with Crippen molar-refractivity contribution < 1.29 is 22.4 Å². The molecule has 1 aliphatic heterocycles. The second kappa shape index (κ2) is 10.3. The Morgan fingerprint density at radius 1 is 0.925 bits per heavy atom. The zero-order valence-corrected chi connectivity index (χ0v) is 22.1. The van der Waals surface area contributed by atoms with Crippen molar-refractivity contribution in [3.05, 3.63) is 101 Å². The summed E-state index contributed by atoms with van der Waals surface area (Å²) in [6.45, 7) is 4.92. The van der Waals surface area contributed by atoms with Gasteiger partial charge in [-0.05, 0) is 42.0 Å². The number of carbonyl (C=O) groups excluding carboxylic acids is 1. The number of hydrogen-bond acceptors (Lipinski definition) is 7. The molecular formula is C30H27F2N5O3. The van der Waals surface area contributed by atoms with Crippen LogP contribution < -0.4 is 0 Å². The van der Waals surface area contributed by atoms with E-state index in [2.05, 4.69) is 20.1 Å². The number of aryl methyl sites for hydroxylation is 1. The predicted octanol–water partition coefficient (Wildman–Crippen LogP) is 5.85. The third-order valence-electron chi connectivity index (χ3n) is 7.11. The van der Waals surface area contributed by atoms with E-state index in [9.17, 15) is 13.6 Å². The first-order valence-electron chi connectivity index (χ1n) is 13.0. The summed E-state index contributed by atoms with van der Waals surface area (Å²) >= 11 is 0. The average molecular weight is 544 g/mol. The van der Waals surface area contributed by atoms with E-state index in [-0.39, 0.29) is 23.4 Å². The molecule has 0 N–H and O–H groups in total. The second-order valence-corrected chi connectivity index (χ2v) is 9.97. The maximum atomic E-state index is 13.8. The Bertz CT molecular complexity index is 1650. The highest BCUT2D eigenvalue weighted by molar-refractivity contribution is 5.95. The molecule has 1 amide bonds. The number of piperazine rings is 1. The first-order valence-corrected chi connectivity index (χ1v) is 13.0. The van der Waals surface area contributed by atoms with Gasteiger partial charge >= 0.3 is 0 Å². The molecule has 0 radical (unpaired) electrons. The van der Waals surface area contributed by atoms with E-state index in [0.717, 1.165) is 12.5 Å². The molecule has 5 aromatic rings. The van der Waals surface area contributed by atoms with Crippen LogP contribution in [0.2, 0.25) is 0 Å². The van der Waals surface area contributed by atoms with E-state index in [4.69, 9.17) is 8.83 Å². The van der Waals surface area contributed by atoms with Crippen LogP contribution in [0, 0.1) is 6.92 Å². The Kier molecular flexibility index (Phi) is 6.63. The largest absolute Gasteiger partial charge is 0.436 e. The first kappa shape index (κ1) is 25.8. The fourth-order valence-electron chi connectivity index (χ4n) is 5.04. The fourth-order valence-corrected chi connectivity index (χ4v) is 5.04. The summed E-state index contributed by atoms with van der Waals surface area (Å²) in [5.41, 5.74) is 2.76. The van der Waals surface area contributed by atoms with Crippen LogP contribution in [0.4, 0.5) is 8.78 Å². The van der Waals surface area contributed by atoms with E-state index in [1.807, 2.05) is 35.2 Å². The van der Waals surface area contributed by atoms with Crippen molar-refractivity contribution in [2.45, 2.75) is 25.8 Å². The van der Waals surface area contributed by atoms with Crippen molar-refractivity contribution in [3.8, 4) is 11.5 Å². The summed E-state index contributed by atoms with van der Waals surface area (Å²) in [5.74, 6) is -1.77. The van der Waals surface area contributed by atoms with Gasteiger partial charge in [-0.2, -0.15) is 0 Å². The molecule has 8 nitrogen and oxygen atoms in total. The average Bonchev–Trinajstić information content (AvgIpc) is 3.59. The van der Waals surface area contributed by atoms with Crippen LogP contribution in [0.3, 0.4) is 0 Å². The molecule has 0 spiro atoms. The summed E-state index contributed by atoms with van der Waals surface area (Å²) in [4.78, 5) is 21.9. The molecule has 0 bridgehead atoms. The summed E-state index contributed by atoms with van der Waals surface area (Å²) < 4.78 is 39.1. The summed E-state index contributed by atoms with van der Waals surface area (Å²) in [5, 5.41) is 8.30. The Morgan fingerprint density at radius 3 is 2.40 bits per heavy atom. The van der Waals surface area contributed by atoms with Crippen LogP contribution in [0.25, 0.3) is 22.6 Å². The molecule has 40 heavy (non-hydrogen) atoms. The van der Waals surface area contributed by atoms with Gasteiger partial charge in [0.15, 0.2) is 5.58 Å². The minimum Gasteiger partial charge on any atom is -0.436 e. The Morgan fingerprint density at radius 2 is 1.70 bits per heavy atom. The number of carbonyl (C=O) groups is 1. The molecule has 1 fully saturated rings. The van der Waals surface area contributed by atoms with Crippen LogP contribution in [-0.2, 0) is 5.92 Å². The van der Waals surface area contributed by atoms with Crippen LogP contribution >= 0.6 is 0 Å². The minimum atomic E-state index is -2.98. The Balaban J connectivity index is 1.19. The third kappa shape index (κ3) is 5.10. The Labute approximate surface area is 229 Å². The van der Waals surface area contributed by atoms with E-state index in [1.165, 1.54) is 18.2 Å². The molecule has 1 atom stereocenters. The third-order valence-corrected chi connectivity index (χ3v) is 7.11. The quantitative estimate of drug-likeness (QED) is 0.266. The van der Waals surface area contributed by atoms with Crippen LogP contribution in [0.5, 0.6) is 0 Å². The second-order valence-electron chi connectivity index (χ2n) is 9.97. The highest BCUT2D eigenvalue weighted by Crippen LogP contribution is 2.32. The molecule has 204 valence electrons. The van der Waals surface area contributed by atoms with Gasteiger partial charge in [0.2, 0.25) is 17.7 Å². The number of hydrogen-bond donors (Lipinski definition) is 0. The van der Waals surface area contributed by atoms with Gasteiger partial charge in [-0.3, -0.25) is 9.69 Å². The molecule has 0 saturated carbocycles. The number of benzene rings is 3. The van der Waals surface area contributed by atoms with E-state index >= 15 is 0 Å². The van der Waals surface area contributed by atoms with Gasteiger partial charge in [-0.15, -0.1) is 10.2 Å². The molecule has 6 rings (SSSR count). The van der Waals surface area contributed by atoms with Crippen molar-refractivity contribution in [2.75, 3.05) is 26.2 Å². The maximum absolute atomic E-state index is 13.8. The van der Waals surface area contributed by atoms with Gasteiger partial charge in [-0.25, -0.2) is 13.8 Å². The number of nitrogens with zero attached hydrogens (tertiary/aromatic N) is 5. The minimum absolute atomic E-state index is 0.101. The molecule has 1 unspecified atom stereocenters. The molecule has 3 aromatic carbocycles. The number of rotatable bonds is 6. The van der Waals surface area contributed by atoms with Crippen molar-refractivity contribution in [1.82, 2.24) is 25.0 Å². The highest BCUT2D eigenvalue weighted by atomic mass is 19.3. The molecule has 1 aliphatic rings. The van der Waals surface area contributed by atoms with E-state index < -0.39 is 5.92 Å². The van der Waals surface area contributed by atoms with Gasteiger partial charge in [0.25, 0.3) is 11.8 Å². The van der Waals surface area contributed by atoms with Gasteiger partial charge in [-0.1, -0.05) is 36.4 Å². The lowest BCUT2D eigenvalue weighted by Gasteiger charge is -2.38. The lowest BCUT2D eigenvalue weighted by atomic mass is 10.0. The zero-order valence-electron chi connectivity index (χ0n) is 22.1. The number of halogens is 2. The predicted molar refractivity (Wildman–Crippen MR) is 144 cm³/mol. The molecule has 1 saturated heterocycles. The zero-order chi connectivity index (χ0) is 27.9.